The lowest BCUT2D eigenvalue weighted by Crippen LogP contribution is -2.45. The first kappa shape index (κ1) is 26.3. The molecule has 196 valence electrons. The average molecular weight is 506 g/mol. The van der Waals surface area contributed by atoms with Crippen molar-refractivity contribution in [2.75, 3.05) is 40.1 Å². The SMILES string of the molecule is COCCN(Cc1cccn1Cc1ccccc1)C(=O)CN(CC(C)C)C(=O)c1ccc2c(c1)OCO2. The third-order valence-corrected chi connectivity index (χ3v) is 6.21. The zero-order valence-corrected chi connectivity index (χ0v) is 21.8. The maximum Gasteiger partial charge on any atom is 0.254 e. The van der Waals surface area contributed by atoms with E-state index in [0.29, 0.717) is 43.3 Å². The molecule has 8 nitrogen and oxygen atoms in total. The van der Waals surface area contributed by atoms with Crippen molar-refractivity contribution in [2.45, 2.75) is 26.9 Å². The highest BCUT2D eigenvalue weighted by atomic mass is 16.7. The Morgan fingerprint density at radius 3 is 2.54 bits per heavy atom. The standard InChI is InChI=1S/C29H35N3O5/c1-22(2)17-32(29(34)24-11-12-26-27(16-24)37-21-36-26)20-28(33)31(14-15-35-3)19-25-10-7-13-30(25)18-23-8-5-4-6-9-23/h4-13,16,22H,14-15,17-21H2,1-3H3. The van der Waals surface area contributed by atoms with Crippen LogP contribution in [0.5, 0.6) is 11.5 Å². The fourth-order valence-corrected chi connectivity index (χ4v) is 4.35. The van der Waals surface area contributed by atoms with Crippen LogP contribution in [0.2, 0.25) is 0 Å². The molecule has 0 saturated heterocycles. The molecule has 1 aliphatic heterocycles. The number of carbonyl (C=O) groups is 2. The summed E-state index contributed by atoms with van der Waals surface area (Å²) in [4.78, 5) is 30.4. The van der Waals surface area contributed by atoms with Crippen LogP contribution in [0.3, 0.4) is 0 Å². The topological polar surface area (TPSA) is 73.2 Å². The van der Waals surface area contributed by atoms with Gasteiger partial charge in [0.2, 0.25) is 12.7 Å². The number of amides is 2. The normalized spacial score (nSPS) is 12.1. The first-order valence-corrected chi connectivity index (χ1v) is 12.6. The van der Waals surface area contributed by atoms with Crippen LogP contribution in [0.1, 0.15) is 35.5 Å². The molecule has 0 bridgehead atoms. The number of ether oxygens (including phenoxy) is 3. The lowest BCUT2D eigenvalue weighted by atomic mass is 10.1. The second kappa shape index (κ2) is 12.5. The number of fused-ring (bicyclic) bond motifs is 1. The van der Waals surface area contributed by atoms with E-state index < -0.39 is 0 Å². The van der Waals surface area contributed by atoms with Crippen LogP contribution in [0.15, 0.2) is 66.9 Å². The Morgan fingerprint density at radius 1 is 1.00 bits per heavy atom. The molecule has 0 aliphatic carbocycles. The van der Waals surface area contributed by atoms with Gasteiger partial charge in [-0.3, -0.25) is 9.59 Å². The maximum atomic E-state index is 13.6. The highest BCUT2D eigenvalue weighted by Gasteiger charge is 2.25. The molecule has 1 aromatic heterocycles. The smallest absolute Gasteiger partial charge is 0.254 e. The van der Waals surface area contributed by atoms with Crippen LogP contribution >= 0.6 is 0 Å². The summed E-state index contributed by atoms with van der Waals surface area (Å²) in [6.07, 6.45) is 2.02. The van der Waals surface area contributed by atoms with Gasteiger partial charge < -0.3 is 28.6 Å². The van der Waals surface area contributed by atoms with Crippen molar-refractivity contribution < 1.29 is 23.8 Å². The van der Waals surface area contributed by atoms with Gasteiger partial charge in [0.05, 0.1) is 13.2 Å². The minimum absolute atomic E-state index is 0.0193. The molecule has 2 amide bonds. The van der Waals surface area contributed by atoms with Gasteiger partial charge in [0.1, 0.15) is 6.54 Å². The van der Waals surface area contributed by atoms with E-state index in [4.69, 9.17) is 14.2 Å². The molecule has 0 saturated carbocycles. The predicted octanol–water partition coefficient (Wildman–Crippen LogP) is 4.04. The molecule has 4 rings (SSSR count). The van der Waals surface area contributed by atoms with E-state index >= 15 is 0 Å². The van der Waals surface area contributed by atoms with Gasteiger partial charge >= 0.3 is 0 Å². The second-order valence-corrected chi connectivity index (χ2v) is 9.57. The molecular formula is C29H35N3O5. The largest absolute Gasteiger partial charge is 0.454 e. The molecule has 0 radical (unpaired) electrons. The molecule has 1 aliphatic rings. The summed E-state index contributed by atoms with van der Waals surface area (Å²) in [5, 5.41) is 0. The van der Waals surface area contributed by atoms with Gasteiger partial charge in [0, 0.05) is 44.2 Å². The third-order valence-electron chi connectivity index (χ3n) is 6.21. The summed E-state index contributed by atoms with van der Waals surface area (Å²) in [6, 6.07) is 19.4. The van der Waals surface area contributed by atoms with Gasteiger partial charge in [-0.1, -0.05) is 44.2 Å². The van der Waals surface area contributed by atoms with Crippen molar-refractivity contribution in [3.8, 4) is 11.5 Å². The monoisotopic (exact) mass is 505 g/mol. The Hall–Kier alpha value is -3.78. The maximum absolute atomic E-state index is 13.6. The van der Waals surface area contributed by atoms with E-state index in [9.17, 15) is 9.59 Å². The summed E-state index contributed by atoms with van der Waals surface area (Å²) >= 11 is 0. The summed E-state index contributed by atoms with van der Waals surface area (Å²) in [5.41, 5.74) is 2.68. The molecule has 2 aromatic carbocycles. The number of benzene rings is 2. The molecule has 0 atom stereocenters. The molecule has 8 heteroatoms. The summed E-state index contributed by atoms with van der Waals surface area (Å²) < 4.78 is 18.2. The van der Waals surface area contributed by atoms with E-state index in [1.807, 2.05) is 50.4 Å². The number of hydrogen-bond acceptors (Lipinski definition) is 5. The van der Waals surface area contributed by atoms with Gasteiger partial charge in [0.25, 0.3) is 5.91 Å². The Bertz CT molecular complexity index is 1190. The van der Waals surface area contributed by atoms with Crippen molar-refractivity contribution >= 4 is 11.8 Å². The van der Waals surface area contributed by atoms with Gasteiger partial charge in [-0.15, -0.1) is 0 Å². The van der Waals surface area contributed by atoms with Crippen molar-refractivity contribution in [1.29, 1.82) is 0 Å². The van der Waals surface area contributed by atoms with Crippen LogP contribution in [-0.4, -0.2) is 66.3 Å². The Balaban J connectivity index is 1.50. The van der Waals surface area contributed by atoms with E-state index in [-0.39, 0.29) is 31.1 Å². The number of methoxy groups -OCH3 is 1. The Labute approximate surface area is 218 Å². The molecule has 0 fully saturated rings. The van der Waals surface area contributed by atoms with Crippen molar-refractivity contribution in [3.05, 3.63) is 83.7 Å². The summed E-state index contributed by atoms with van der Waals surface area (Å²) in [6.45, 7) is 6.63. The summed E-state index contributed by atoms with van der Waals surface area (Å²) in [7, 11) is 1.62. The fraction of sp³-hybridized carbons (Fsp3) is 0.379. The number of aromatic nitrogens is 1. The van der Waals surface area contributed by atoms with Crippen LogP contribution in [-0.2, 0) is 22.6 Å². The molecule has 0 unspecified atom stereocenters. The average Bonchev–Trinajstić information content (AvgIpc) is 3.54. The van der Waals surface area contributed by atoms with Crippen LogP contribution in [0.4, 0.5) is 0 Å². The van der Waals surface area contributed by atoms with E-state index in [2.05, 4.69) is 16.7 Å². The molecule has 37 heavy (non-hydrogen) atoms. The molecule has 2 heterocycles. The Kier molecular flexibility index (Phi) is 8.85. The quantitative estimate of drug-likeness (QED) is 0.372. The number of nitrogens with zero attached hydrogens (tertiary/aromatic N) is 3. The summed E-state index contributed by atoms with van der Waals surface area (Å²) in [5.74, 6) is 1.02. The highest BCUT2D eigenvalue weighted by Crippen LogP contribution is 2.32. The minimum Gasteiger partial charge on any atom is -0.454 e. The van der Waals surface area contributed by atoms with Gasteiger partial charge in [-0.2, -0.15) is 0 Å². The minimum atomic E-state index is -0.209. The first-order valence-electron chi connectivity index (χ1n) is 12.6. The van der Waals surface area contributed by atoms with Crippen molar-refractivity contribution in [2.24, 2.45) is 5.92 Å². The van der Waals surface area contributed by atoms with E-state index in [0.717, 1.165) is 12.2 Å². The molecular weight excluding hydrogens is 470 g/mol. The van der Waals surface area contributed by atoms with Crippen LogP contribution in [0, 0.1) is 5.92 Å². The van der Waals surface area contributed by atoms with E-state index in [1.165, 1.54) is 5.56 Å². The first-order chi connectivity index (χ1) is 17.9. The zero-order valence-electron chi connectivity index (χ0n) is 21.8. The zero-order chi connectivity index (χ0) is 26.2. The Morgan fingerprint density at radius 2 is 1.78 bits per heavy atom. The molecule has 0 N–H and O–H groups in total. The number of hydrogen-bond donors (Lipinski definition) is 0. The lowest BCUT2D eigenvalue weighted by Gasteiger charge is -2.29. The van der Waals surface area contributed by atoms with Gasteiger partial charge in [-0.05, 0) is 41.8 Å². The lowest BCUT2D eigenvalue weighted by molar-refractivity contribution is -0.133. The van der Waals surface area contributed by atoms with Crippen LogP contribution in [0.25, 0.3) is 0 Å². The second-order valence-electron chi connectivity index (χ2n) is 9.57. The molecule has 0 spiro atoms. The predicted molar refractivity (Wildman–Crippen MR) is 141 cm³/mol. The number of carbonyl (C=O) groups excluding carboxylic acids is 2. The van der Waals surface area contributed by atoms with E-state index in [1.54, 1.807) is 35.1 Å². The third kappa shape index (κ3) is 6.92. The van der Waals surface area contributed by atoms with Crippen molar-refractivity contribution in [3.63, 3.8) is 0 Å². The fourth-order valence-electron chi connectivity index (χ4n) is 4.35. The van der Waals surface area contributed by atoms with Crippen LogP contribution < -0.4 is 9.47 Å². The van der Waals surface area contributed by atoms with Gasteiger partial charge in [0.15, 0.2) is 11.5 Å². The highest BCUT2D eigenvalue weighted by molar-refractivity contribution is 5.97. The number of rotatable bonds is 12. The van der Waals surface area contributed by atoms with Crippen molar-refractivity contribution in [1.82, 2.24) is 14.4 Å². The van der Waals surface area contributed by atoms with Gasteiger partial charge in [-0.25, -0.2) is 0 Å². The molecule has 3 aromatic rings.